The lowest BCUT2D eigenvalue weighted by atomic mass is 10.2. The number of aromatic nitrogens is 2. The van der Waals surface area contributed by atoms with Crippen LogP contribution in [-0.4, -0.2) is 9.55 Å². The topological polar surface area (TPSA) is 34.9 Å². The first-order valence-electron chi connectivity index (χ1n) is 4.46. The van der Waals surface area contributed by atoms with E-state index >= 15 is 0 Å². The maximum absolute atomic E-state index is 11.3. The molecule has 1 heterocycles. The van der Waals surface area contributed by atoms with Gasteiger partial charge in [-0.1, -0.05) is 31.4 Å². The molecule has 0 saturated heterocycles. The zero-order valence-corrected chi connectivity index (χ0v) is 8.42. The number of hydrogen-bond donors (Lipinski definition) is 0. The van der Waals surface area contributed by atoms with Gasteiger partial charge in [-0.05, 0) is 6.42 Å². The Bertz CT molecular complexity index is 322. The molecule has 0 spiro atoms. The van der Waals surface area contributed by atoms with E-state index in [4.69, 9.17) is 11.6 Å². The summed E-state index contributed by atoms with van der Waals surface area (Å²) in [5.41, 5.74) is -0.194. The Morgan fingerprint density at radius 2 is 2.31 bits per heavy atom. The number of nitrogens with zero attached hydrogens (tertiary/aromatic N) is 2. The first-order valence-corrected chi connectivity index (χ1v) is 4.84. The van der Waals surface area contributed by atoms with Crippen molar-refractivity contribution in [3.8, 4) is 0 Å². The van der Waals surface area contributed by atoms with E-state index < -0.39 is 0 Å². The molecule has 0 aliphatic heterocycles. The number of halogens is 1. The van der Waals surface area contributed by atoms with Crippen molar-refractivity contribution in [2.45, 2.75) is 32.7 Å². The number of rotatable bonds is 4. The fourth-order valence-electron chi connectivity index (χ4n) is 1.13. The third-order valence-electron chi connectivity index (χ3n) is 1.87. The van der Waals surface area contributed by atoms with E-state index in [1.807, 2.05) is 0 Å². The summed E-state index contributed by atoms with van der Waals surface area (Å²) in [4.78, 5) is 15.0. The zero-order chi connectivity index (χ0) is 9.68. The summed E-state index contributed by atoms with van der Waals surface area (Å²) in [5, 5.41) is 0.0546. The van der Waals surface area contributed by atoms with E-state index in [0.29, 0.717) is 0 Å². The van der Waals surface area contributed by atoms with Crippen molar-refractivity contribution in [3.05, 3.63) is 27.9 Å². The highest BCUT2D eigenvalue weighted by Crippen LogP contribution is 1.98. The molecule has 13 heavy (non-hydrogen) atoms. The first kappa shape index (κ1) is 10.3. The van der Waals surface area contributed by atoms with Gasteiger partial charge in [0.25, 0.3) is 5.56 Å². The van der Waals surface area contributed by atoms with Gasteiger partial charge in [-0.3, -0.25) is 4.79 Å². The predicted octanol–water partition coefficient (Wildman–Crippen LogP) is 2.09. The summed E-state index contributed by atoms with van der Waals surface area (Å²) in [7, 11) is 0. The number of hydrogen-bond acceptors (Lipinski definition) is 2. The molecule has 0 fully saturated rings. The first-order chi connectivity index (χ1) is 6.25. The van der Waals surface area contributed by atoms with E-state index in [1.54, 1.807) is 17.0 Å². The largest absolute Gasteiger partial charge is 0.311 e. The highest BCUT2D eigenvalue weighted by Gasteiger charge is 1.99. The maximum atomic E-state index is 11.3. The second-order valence-corrected chi connectivity index (χ2v) is 3.28. The quantitative estimate of drug-likeness (QED) is 0.698. The second kappa shape index (κ2) is 5.02. The van der Waals surface area contributed by atoms with Crippen molar-refractivity contribution < 1.29 is 0 Å². The SMILES string of the molecule is CCCCCn1ccnc(Cl)c1=O. The van der Waals surface area contributed by atoms with Crippen LogP contribution >= 0.6 is 11.6 Å². The Labute approximate surface area is 82.4 Å². The van der Waals surface area contributed by atoms with Gasteiger partial charge in [0, 0.05) is 18.9 Å². The molecule has 0 atom stereocenters. The summed E-state index contributed by atoms with van der Waals surface area (Å²) >= 11 is 5.58. The minimum atomic E-state index is -0.194. The normalized spacial score (nSPS) is 10.3. The van der Waals surface area contributed by atoms with Crippen LogP contribution in [0.1, 0.15) is 26.2 Å². The van der Waals surface area contributed by atoms with Crippen molar-refractivity contribution >= 4 is 11.6 Å². The highest BCUT2D eigenvalue weighted by atomic mass is 35.5. The molecule has 0 aromatic carbocycles. The van der Waals surface area contributed by atoms with Crippen molar-refractivity contribution in [3.63, 3.8) is 0 Å². The lowest BCUT2D eigenvalue weighted by molar-refractivity contribution is 0.584. The van der Waals surface area contributed by atoms with Gasteiger partial charge in [-0.2, -0.15) is 0 Å². The molecule has 0 aliphatic rings. The van der Waals surface area contributed by atoms with Gasteiger partial charge >= 0.3 is 0 Å². The third kappa shape index (κ3) is 2.84. The Hall–Kier alpha value is -0.830. The summed E-state index contributed by atoms with van der Waals surface area (Å²) in [6, 6.07) is 0. The minimum Gasteiger partial charge on any atom is -0.311 e. The van der Waals surface area contributed by atoms with Crippen LogP contribution in [0.3, 0.4) is 0 Å². The molecule has 4 heteroatoms. The lowest BCUT2D eigenvalue weighted by Crippen LogP contribution is -2.20. The van der Waals surface area contributed by atoms with Crippen molar-refractivity contribution in [2.24, 2.45) is 0 Å². The van der Waals surface area contributed by atoms with Gasteiger partial charge in [0.15, 0.2) is 5.15 Å². The van der Waals surface area contributed by atoms with Crippen LogP contribution in [0, 0.1) is 0 Å². The van der Waals surface area contributed by atoms with Gasteiger partial charge in [0.2, 0.25) is 0 Å². The second-order valence-electron chi connectivity index (χ2n) is 2.92. The summed E-state index contributed by atoms with van der Waals surface area (Å²) in [6.07, 6.45) is 6.51. The van der Waals surface area contributed by atoms with E-state index in [9.17, 15) is 4.79 Å². The molecule has 72 valence electrons. The van der Waals surface area contributed by atoms with Crippen LogP contribution in [-0.2, 0) is 6.54 Å². The third-order valence-corrected chi connectivity index (χ3v) is 2.13. The van der Waals surface area contributed by atoms with Gasteiger partial charge in [-0.25, -0.2) is 4.98 Å². The molecule has 0 N–H and O–H groups in total. The van der Waals surface area contributed by atoms with Gasteiger partial charge in [0.05, 0.1) is 0 Å². The highest BCUT2D eigenvalue weighted by molar-refractivity contribution is 6.29. The van der Waals surface area contributed by atoms with E-state index in [-0.39, 0.29) is 10.7 Å². The van der Waals surface area contributed by atoms with Crippen LogP contribution in [0.25, 0.3) is 0 Å². The maximum Gasteiger partial charge on any atom is 0.288 e. The molecule has 1 aromatic rings. The van der Waals surface area contributed by atoms with E-state index in [1.165, 1.54) is 0 Å². The molecular weight excluding hydrogens is 188 g/mol. The molecule has 0 aliphatic carbocycles. The molecule has 3 nitrogen and oxygen atoms in total. The van der Waals surface area contributed by atoms with E-state index in [0.717, 1.165) is 25.8 Å². The van der Waals surface area contributed by atoms with Crippen LogP contribution in [0.15, 0.2) is 17.2 Å². The molecule has 0 saturated carbocycles. The fourth-order valence-corrected chi connectivity index (χ4v) is 1.29. The van der Waals surface area contributed by atoms with Gasteiger partial charge in [-0.15, -0.1) is 0 Å². The zero-order valence-electron chi connectivity index (χ0n) is 7.66. The summed E-state index contributed by atoms with van der Waals surface area (Å²) in [5.74, 6) is 0. The predicted molar refractivity (Wildman–Crippen MR) is 53.0 cm³/mol. The monoisotopic (exact) mass is 200 g/mol. The van der Waals surface area contributed by atoms with Crippen LogP contribution in [0.4, 0.5) is 0 Å². The Morgan fingerprint density at radius 1 is 1.54 bits per heavy atom. The molecule has 0 unspecified atom stereocenters. The number of unbranched alkanes of at least 4 members (excludes halogenated alkanes) is 2. The standard InChI is InChI=1S/C9H13ClN2O/c1-2-3-4-6-12-7-5-11-8(10)9(12)13/h5,7H,2-4,6H2,1H3. The number of aryl methyl sites for hydroxylation is 1. The lowest BCUT2D eigenvalue weighted by Gasteiger charge is -2.03. The van der Waals surface area contributed by atoms with Crippen molar-refractivity contribution in [1.29, 1.82) is 0 Å². The Kier molecular flexibility index (Phi) is 3.96. The average molecular weight is 201 g/mol. The Morgan fingerprint density at radius 3 is 3.00 bits per heavy atom. The Balaban J connectivity index is 2.67. The van der Waals surface area contributed by atoms with Crippen LogP contribution in [0.5, 0.6) is 0 Å². The molecule has 0 radical (unpaired) electrons. The molecule has 0 amide bonds. The summed E-state index contributed by atoms with van der Waals surface area (Å²) in [6.45, 7) is 2.86. The van der Waals surface area contributed by atoms with Crippen LogP contribution in [0.2, 0.25) is 5.15 Å². The van der Waals surface area contributed by atoms with Crippen LogP contribution < -0.4 is 5.56 Å². The smallest absolute Gasteiger partial charge is 0.288 e. The average Bonchev–Trinajstić information content (AvgIpc) is 2.13. The van der Waals surface area contributed by atoms with E-state index in [2.05, 4.69) is 11.9 Å². The fraction of sp³-hybridized carbons (Fsp3) is 0.556. The molecular formula is C9H13ClN2O. The van der Waals surface area contributed by atoms with Gasteiger partial charge in [0.1, 0.15) is 0 Å². The minimum absolute atomic E-state index is 0.0546. The van der Waals surface area contributed by atoms with Crippen molar-refractivity contribution in [1.82, 2.24) is 9.55 Å². The molecule has 1 aromatic heterocycles. The van der Waals surface area contributed by atoms with Crippen molar-refractivity contribution in [2.75, 3.05) is 0 Å². The summed E-state index contributed by atoms with van der Waals surface area (Å²) < 4.78 is 1.60. The molecule has 1 rings (SSSR count). The molecule has 0 bridgehead atoms. The van der Waals surface area contributed by atoms with Gasteiger partial charge < -0.3 is 4.57 Å².